The normalized spacial score (nSPS) is 9.70. The van der Waals surface area contributed by atoms with Crippen molar-refractivity contribution in [1.82, 2.24) is 0 Å². The third-order valence-electron chi connectivity index (χ3n) is 1.06. The molecule has 0 spiro atoms. The SMILES string of the molecule is CCCSCCCC(N)=O. The molecule has 0 aliphatic heterocycles. The van der Waals surface area contributed by atoms with Gasteiger partial charge in [-0.1, -0.05) is 6.92 Å². The van der Waals surface area contributed by atoms with Gasteiger partial charge in [0.05, 0.1) is 0 Å². The third-order valence-corrected chi connectivity index (χ3v) is 2.33. The summed E-state index contributed by atoms with van der Waals surface area (Å²) >= 11 is 1.89. The van der Waals surface area contributed by atoms with E-state index in [9.17, 15) is 4.79 Å². The molecule has 0 fully saturated rings. The average Bonchev–Trinajstić information content (AvgIpc) is 1.87. The first-order valence-electron chi connectivity index (χ1n) is 3.63. The molecule has 0 unspecified atom stereocenters. The number of primary amides is 1. The van der Waals surface area contributed by atoms with E-state index in [1.165, 1.54) is 12.2 Å². The maximum Gasteiger partial charge on any atom is 0.217 e. The van der Waals surface area contributed by atoms with Crippen LogP contribution in [0.1, 0.15) is 26.2 Å². The molecule has 0 rings (SSSR count). The maximum atomic E-state index is 10.2. The van der Waals surface area contributed by atoms with Crippen LogP contribution in [0.25, 0.3) is 0 Å². The lowest BCUT2D eigenvalue weighted by atomic mass is 10.3. The topological polar surface area (TPSA) is 43.1 Å². The van der Waals surface area contributed by atoms with Gasteiger partial charge in [-0.2, -0.15) is 11.8 Å². The summed E-state index contributed by atoms with van der Waals surface area (Å²) in [5, 5.41) is 0. The van der Waals surface area contributed by atoms with E-state index in [0.29, 0.717) is 6.42 Å². The number of amides is 1. The van der Waals surface area contributed by atoms with Crippen molar-refractivity contribution in [3.8, 4) is 0 Å². The number of carbonyl (C=O) groups is 1. The van der Waals surface area contributed by atoms with Gasteiger partial charge in [-0.05, 0) is 24.3 Å². The molecular weight excluding hydrogens is 146 g/mol. The lowest BCUT2D eigenvalue weighted by Crippen LogP contribution is -2.09. The van der Waals surface area contributed by atoms with E-state index < -0.39 is 0 Å². The molecule has 0 aliphatic rings. The number of hydrogen-bond donors (Lipinski definition) is 1. The monoisotopic (exact) mass is 161 g/mol. The second kappa shape index (κ2) is 6.93. The first-order valence-corrected chi connectivity index (χ1v) is 4.79. The Bertz CT molecular complexity index is 95.6. The quantitative estimate of drug-likeness (QED) is 0.598. The fourth-order valence-electron chi connectivity index (χ4n) is 0.595. The van der Waals surface area contributed by atoms with Crippen LogP contribution >= 0.6 is 11.8 Å². The van der Waals surface area contributed by atoms with Gasteiger partial charge < -0.3 is 5.73 Å². The number of thioether (sulfide) groups is 1. The van der Waals surface area contributed by atoms with Crippen LogP contribution in [0.4, 0.5) is 0 Å². The van der Waals surface area contributed by atoms with E-state index in [1.54, 1.807) is 0 Å². The summed E-state index contributed by atoms with van der Waals surface area (Å²) in [6, 6.07) is 0. The van der Waals surface area contributed by atoms with Crippen LogP contribution < -0.4 is 5.73 Å². The Morgan fingerprint density at radius 2 is 2.20 bits per heavy atom. The van der Waals surface area contributed by atoms with Gasteiger partial charge in [0.1, 0.15) is 0 Å². The summed E-state index contributed by atoms with van der Waals surface area (Å²) in [4.78, 5) is 10.2. The van der Waals surface area contributed by atoms with Gasteiger partial charge in [-0.3, -0.25) is 4.79 Å². The van der Waals surface area contributed by atoms with Crippen molar-refractivity contribution in [2.45, 2.75) is 26.2 Å². The van der Waals surface area contributed by atoms with Gasteiger partial charge >= 0.3 is 0 Å². The molecule has 0 atom stereocenters. The molecule has 0 aromatic rings. The van der Waals surface area contributed by atoms with Crippen molar-refractivity contribution in [1.29, 1.82) is 0 Å². The maximum absolute atomic E-state index is 10.2. The fraction of sp³-hybridized carbons (Fsp3) is 0.857. The van der Waals surface area contributed by atoms with E-state index >= 15 is 0 Å². The Labute approximate surface area is 66.6 Å². The molecule has 0 heterocycles. The molecule has 2 N–H and O–H groups in total. The minimum atomic E-state index is -0.183. The molecule has 2 nitrogen and oxygen atoms in total. The average molecular weight is 161 g/mol. The second-order valence-corrected chi connectivity index (χ2v) is 3.41. The number of hydrogen-bond acceptors (Lipinski definition) is 2. The van der Waals surface area contributed by atoms with Gasteiger partial charge in [0, 0.05) is 6.42 Å². The summed E-state index contributed by atoms with van der Waals surface area (Å²) in [6.45, 7) is 2.15. The molecule has 0 saturated carbocycles. The molecule has 0 aromatic carbocycles. The summed E-state index contributed by atoms with van der Waals surface area (Å²) in [5.74, 6) is 2.08. The second-order valence-electron chi connectivity index (χ2n) is 2.18. The summed E-state index contributed by atoms with van der Waals surface area (Å²) in [5.41, 5.74) is 4.96. The molecule has 10 heavy (non-hydrogen) atoms. The summed E-state index contributed by atoms with van der Waals surface area (Å²) < 4.78 is 0. The van der Waals surface area contributed by atoms with E-state index in [4.69, 9.17) is 5.73 Å². The first-order chi connectivity index (χ1) is 4.77. The Morgan fingerprint density at radius 1 is 1.50 bits per heavy atom. The van der Waals surface area contributed by atoms with Crippen LogP contribution in [0.5, 0.6) is 0 Å². The van der Waals surface area contributed by atoms with Gasteiger partial charge in [-0.15, -0.1) is 0 Å². The number of nitrogens with two attached hydrogens (primary N) is 1. The highest BCUT2D eigenvalue weighted by molar-refractivity contribution is 7.99. The zero-order chi connectivity index (χ0) is 7.82. The zero-order valence-electron chi connectivity index (χ0n) is 6.43. The molecule has 1 amide bonds. The summed E-state index contributed by atoms with van der Waals surface area (Å²) in [7, 11) is 0. The minimum absolute atomic E-state index is 0.183. The zero-order valence-corrected chi connectivity index (χ0v) is 7.25. The molecule has 0 aliphatic carbocycles. The Kier molecular flexibility index (Phi) is 6.81. The number of carbonyl (C=O) groups excluding carboxylic acids is 1. The Hall–Kier alpha value is -0.180. The van der Waals surface area contributed by atoms with Crippen LogP contribution in [0.3, 0.4) is 0 Å². The minimum Gasteiger partial charge on any atom is -0.370 e. The molecule has 0 bridgehead atoms. The van der Waals surface area contributed by atoms with Gasteiger partial charge in [0.15, 0.2) is 0 Å². The molecule has 0 aromatic heterocycles. The highest BCUT2D eigenvalue weighted by atomic mass is 32.2. The van der Waals surface area contributed by atoms with E-state index in [1.807, 2.05) is 11.8 Å². The number of rotatable bonds is 6. The molecule has 0 saturated heterocycles. The standard InChI is InChI=1S/C7H15NOS/c1-2-5-10-6-3-4-7(8)9/h2-6H2,1H3,(H2,8,9). The van der Waals surface area contributed by atoms with Crippen LogP contribution in [-0.4, -0.2) is 17.4 Å². The van der Waals surface area contributed by atoms with E-state index in [0.717, 1.165) is 12.2 Å². The van der Waals surface area contributed by atoms with Gasteiger partial charge in [-0.25, -0.2) is 0 Å². The van der Waals surface area contributed by atoms with Crippen molar-refractivity contribution < 1.29 is 4.79 Å². The highest BCUT2D eigenvalue weighted by Crippen LogP contribution is 2.04. The van der Waals surface area contributed by atoms with E-state index in [-0.39, 0.29) is 5.91 Å². The summed E-state index contributed by atoms with van der Waals surface area (Å²) in [6.07, 6.45) is 2.68. The molecule has 3 heteroatoms. The van der Waals surface area contributed by atoms with Gasteiger partial charge in [0.25, 0.3) is 0 Å². The first kappa shape index (κ1) is 9.82. The predicted octanol–water partition coefficient (Wildman–Crippen LogP) is 1.40. The van der Waals surface area contributed by atoms with Crippen LogP contribution in [0.15, 0.2) is 0 Å². The van der Waals surface area contributed by atoms with Gasteiger partial charge in [0.2, 0.25) is 5.91 Å². The van der Waals surface area contributed by atoms with Crippen LogP contribution in [0.2, 0.25) is 0 Å². The fourth-order valence-corrected chi connectivity index (χ4v) is 1.44. The third kappa shape index (κ3) is 7.82. The van der Waals surface area contributed by atoms with Crippen molar-refractivity contribution in [2.75, 3.05) is 11.5 Å². The van der Waals surface area contributed by atoms with Crippen molar-refractivity contribution in [3.05, 3.63) is 0 Å². The van der Waals surface area contributed by atoms with Crippen LogP contribution in [-0.2, 0) is 4.79 Å². The van der Waals surface area contributed by atoms with E-state index in [2.05, 4.69) is 6.92 Å². The smallest absolute Gasteiger partial charge is 0.217 e. The van der Waals surface area contributed by atoms with Crippen molar-refractivity contribution in [3.63, 3.8) is 0 Å². The predicted molar refractivity (Wildman–Crippen MR) is 46.0 cm³/mol. The Balaban J connectivity index is 2.84. The highest BCUT2D eigenvalue weighted by Gasteiger charge is 1.92. The van der Waals surface area contributed by atoms with Crippen molar-refractivity contribution >= 4 is 17.7 Å². The van der Waals surface area contributed by atoms with Crippen LogP contribution in [0, 0.1) is 0 Å². The largest absolute Gasteiger partial charge is 0.370 e. The molecule has 0 radical (unpaired) electrons. The lowest BCUT2D eigenvalue weighted by molar-refractivity contribution is -0.118. The molecular formula is C7H15NOS. The Morgan fingerprint density at radius 3 is 2.70 bits per heavy atom. The molecule has 60 valence electrons. The van der Waals surface area contributed by atoms with Crippen molar-refractivity contribution in [2.24, 2.45) is 5.73 Å². The lowest BCUT2D eigenvalue weighted by Gasteiger charge is -1.96.